The zero-order chi connectivity index (χ0) is 13.2. The fourth-order valence-corrected chi connectivity index (χ4v) is 3.73. The quantitative estimate of drug-likeness (QED) is 0.757. The van der Waals surface area contributed by atoms with Gasteiger partial charge >= 0.3 is 0 Å². The van der Waals surface area contributed by atoms with Crippen molar-refractivity contribution in [3.05, 3.63) is 40.8 Å². The van der Waals surface area contributed by atoms with E-state index in [1.807, 2.05) is 18.2 Å². The van der Waals surface area contributed by atoms with Crippen molar-refractivity contribution in [2.75, 3.05) is 0 Å². The molecule has 0 amide bonds. The molecule has 2 heteroatoms. The number of Topliss-reactive ketones (excluding diaryl/α,β-unsaturated/α-hetero) is 1. The highest BCUT2D eigenvalue weighted by Crippen LogP contribution is 2.42. The maximum atomic E-state index is 12.2. The van der Waals surface area contributed by atoms with Gasteiger partial charge in [-0.15, -0.1) is 0 Å². The SMILES string of the molecule is CC(C)(C)C1=C(Sc2ccccc2)CCCC1=O. The van der Waals surface area contributed by atoms with E-state index in [9.17, 15) is 4.79 Å². The van der Waals surface area contributed by atoms with Gasteiger partial charge < -0.3 is 0 Å². The molecule has 1 aliphatic carbocycles. The predicted octanol–water partition coefficient (Wildman–Crippen LogP) is 4.83. The Morgan fingerprint density at radius 3 is 2.33 bits per heavy atom. The zero-order valence-electron chi connectivity index (χ0n) is 11.3. The first-order valence-corrected chi connectivity index (χ1v) is 7.30. The molecule has 0 aliphatic heterocycles. The molecule has 0 radical (unpaired) electrons. The van der Waals surface area contributed by atoms with Crippen LogP contribution < -0.4 is 0 Å². The van der Waals surface area contributed by atoms with Gasteiger partial charge in [-0.05, 0) is 35.3 Å². The molecule has 1 nitrogen and oxygen atoms in total. The number of benzene rings is 1. The van der Waals surface area contributed by atoms with Crippen molar-refractivity contribution in [3.63, 3.8) is 0 Å². The Morgan fingerprint density at radius 2 is 1.72 bits per heavy atom. The van der Waals surface area contributed by atoms with Gasteiger partial charge in [0.15, 0.2) is 5.78 Å². The lowest BCUT2D eigenvalue weighted by atomic mass is 9.79. The Morgan fingerprint density at radius 1 is 1.06 bits per heavy atom. The summed E-state index contributed by atoms with van der Waals surface area (Å²) in [7, 11) is 0. The van der Waals surface area contributed by atoms with E-state index in [1.54, 1.807) is 11.8 Å². The highest BCUT2D eigenvalue weighted by molar-refractivity contribution is 8.03. The Labute approximate surface area is 114 Å². The van der Waals surface area contributed by atoms with Gasteiger partial charge in [0, 0.05) is 16.9 Å². The van der Waals surface area contributed by atoms with E-state index >= 15 is 0 Å². The van der Waals surface area contributed by atoms with Crippen LogP contribution in [0.15, 0.2) is 45.7 Å². The summed E-state index contributed by atoms with van der Waals surface area (Å²) in [5, 5.41) is 0. The molecule has 18 heavy (non-hydrogen) atoms. The fourth-order valence-electron chi connectivity index (χ4n) is 2.38. The molecule has 0 unspecified atom stereocenters. The second-order valence-corrected chi connectivity index (χ2v) is 6.91. The molecule has 0 heterocycles. The molecule has 96 valence electrons. The third kappa shape index (κ3) is 3.05. The predicted molar refractivity (Wildman–Crippen MR) is 77.6 cm³/mol. The first kappa shape index (κ1) is 13.4. The van der Waals surface area contributed by atoms with Gasteiger partial charge in [0.05, 0.1) is 0 Å². The topological polar surface area (TPSA) is 17.1 Å². The molecule has 0 spiro atoms. The molecule has 0 saturated heterocycles. The van der Waals surface area contributed by atoms with E-state index in [1.165, 1.54) is 9.80 Å². The summed E-state index contributed by atoms with van der Waals surface area (Å²) < 4.78 is 0. The van der Waals surface area contributed by atoms with E-state index in [0.29, 0.717) is 12.2 Å². The van der Waals surface area contributed by atoms with Crippen molar-refractivity contribution in [1.29, 1.82) is 0 Å². The second-order valence-electron chi connectivity index (χ2n) is 5.74. The second kappa shape index (κ2) is 5.31. The molecule has 1 aliphatic rings. The summed E-state index contributed by atoms with van der Waals surface area (Å²) in [6.45, 7) is 6.41. The number of hydrogen-bond acceptors (Lipinski definition) is 2. The average molecular weight is 260 g/mol. The van der Waals surface area contributed by atoms with Gasteiger partial charge in [-0.25, -0.2) is 0 Å². The van der Waals surface area contributed by atoms with Crippen LogP contribution in [0.25, 0.3) is 0 Å². The normalized spacial score (nSPS) is 17.2. The summed E-state index contributed by atoms with van der Waals surface area (Å²) in [5.41, 5.74) is 0.997. The van der Waals surface area contributed by atoms with Crippen molar-refractivity contribution >= 4 is 17.5 Å². The summed E-state index contributed by atoms with van der Waals surface area (Å²) in [5.74, 6) is 0.340. The monoisotopic (exact) mass is 260 g/mol. The first-order chi connectivity index (χ1) is 8.48. The molecule has 0 N–H and O–H groups in total. The van der Waals surface area contributed by atoms with Crippen molar-refractivity contribution in [3.8, 4) is 0 Å². The maximum absolute atomic E-state index is 12.2. The molecular formula is C16H20OS. The lowest BCUT2D eigenvalue weighted by Gasteiger charge is -2.28. The largest absolute Gasteiger partial charge is 0.295 e. The molecule has 0 fully saturated rings. The third-order valence-corrected chi connectivity index (χ3v) is 4.26. The lowest BCUT2D eigenvalue weighted by Crippen LogP contribution is -2.22. The minimum atomic E-state index is -0.0470. The van der Waals surface area contributed by atoms with Crippen LogP contribution in [0.2, 0.25) is 0 Å². The van der Waals surface area contributed by atoms with Crippen LogP contribution in [0.5, 0.6) is 0 Å². The highest BCUT2D eigenvalue weighted by Gasteiger charge is 2.30. The Bertz CT molecular complexity index is 466. The number of thioether (sulfide) groups is 1. The molecule has 2 rings (SSSR count). The van der Waals surface area contributed by atoms with E-state index in [2.05, 4.69) is 32.9 Å². The molecule has 1 aromatic rings. The Balaban J connectivity index is 2.35. The van der Waals surface area contributed by atoms with Crippen LogP contribution in [0.3, 0.4) is 0 Å². The zero-order valence-corrected chi connectivity index (χ0v) is 12.1. The summed E-state index contributed by atoms with van der Waals surface area (Å²) in [6, 6.07) is 10.3. The van der Waals surface area contributed by atoms with Crippen LogP contribution in [-0.2, 0) is 4.79 Å². The lowest BCUT2D eigenvalue weighted by molar-refractivity contribution is -0.116. The van der Waals surface area contributed by atoms with Gasteiger partial charge in [-0.2, -0.15) is 0 Å². The first-order valence-electron chi connectivity index (χ1n) is 6.48. The number of carbonyl (C=O) groups excluding carboxylic acids is 1. The molecule has 1 aromatic carbocycles. The number of rotatable bonds is 2. The van der Waals surface area contributed by atoms with Crippen molar-refractivity contribution < 1.29 is 4.79 Å². The molecular weight excluding hydrogens is 240 g/mol. The number of allylic oxidation sites excluding steroid dienone is 2. The Kier molecular flexibility index (Phi) is 3.96. The van der Waals surface area contributed by atoms with Crippen LogP contribution in [0, 0.1) is 5.41 Å². The van der Waals surface area contributed by atoms with E-state index < -0.39 is 0 Å². The average Bonchev–Trinajstić information content (AvgIpc) is 2.28. The smallest absolute Gasteiger partial charge is 0.160 e. The van der Waals surface area contributed by atoms with Crippen LogP contribution >= 0.6 is 11.8 Å². The molecule has 0 saturated carbocycles. The van der Waals surface area contributed by atoms with Crippen molar-refractivity contribution in [2.24, 2.45) is 5.41 Å². The Hall–Kier alpha value is -1.02. The summed E-state index contributed by atoms with van der Waals surface area (Å²) in [4.78, 5) is 14.7. The van der Waals surface area contributed by atoms with Crippen molar-refractivity contribution in [2.45, 2.75) is 44.9 Å². The van der Waals surface area contributed by atoms with E-state index in [0.717, 1.165) is 18.4 Å². The standard InChI is InChI=1S/C16H20OS/c1-16(2,3)15-13(17)10-7-11-14(15)18-12-8-5-4-6-9-12/h4-6,8-9H,7,10-11H2,1-3H3. The fraction of sp³-hybridized carbons (Fsp3) is 0.438. The van der Waals surface area contributed by atoms with Gasteiger partial charge in [0.25, 0.3) is 0 Å². The van der Waals surface area contributed by atoms with Crippen LogP contribution in [0.4, 0.5) is 0 Å². The highest BCUT2D eigenvalue weighted by atomic mass is 32.2. The molecule has 0 atom stereocenters. The number of ketones is 1. The van der Waals surface area contributed by atoms with Gasteiger partial charge in [0.2, 0.25) is 0 Å². The van der Waals surface area contributed by atoms with Crippen LogP contribution in [-0.4, -0.2) is 5.78 Å². The number of hydrogen-bond donors (Lipinski definition) is 0. The number of carbonyl (C=O) groups is 1. The van der Waals surface area contributed by atoms with E-state index in [-0.39, 0.29) is 5.41 Å². The van der Waals surface area contributed by atoms with Crippen molar-refractivity contribution in [1.82, 2.24) is 0 Å². The molecule has 0 aromatic heterocycles. The summed E-state index contributed by atoms with van der Waals surface area (Å²) >= 11 is 1.76. The van der Waals surface area contributed by atoms with Crippen LogP contribution in [0.1, 0.15) is 40.0 Å². The minimum Gasteiger partial charge on any atom is -0.295 e. The van der Waals surface area contributed by atoms with Gasteiger partial charge in [-0.1, -0.05) is 50.7 Å². The third-order valence-electron chi connectivity index (χ3n) is 3.10. The maximum Gasteiger partial charge on any atom is 0.160 e. The van der Waals surface area contributed by atoms with E-state index in [4.69, 9.17) is 0 Å². The minimum absolute atomic E-state index is 0.0470. The molecule has 0 bridgehead atoms. The summed E-state index contributed by atoms with van der Waals surface area (Å²) in [6.07, 6.45) is 2.75. The van der Waals surface area contributed by atoms with Gasteiger partial charge in [0.1, 0.15) is 0 Å². The van der Waals surface area contributed by atoms with Gasteiger partial charge in [-0.3, -0.25) is 4.79 Å².